The van der Waals surface area contributed by atoms with Gasteiger partial charge in [-0.1, -0.05) is 30.3 Å². The molecule has 0 spiro atoms. The van der Waals surface area contributed by atoms with Gasteiger partial charge in [0.15, 0.2) is 5.79 Å². The lowest BCUT2D eigenvalue weighted by Crippen LogP contribution is -2.65. The van der Waals surface area contributed by atoms with Crippen molar-refractivity contribution in [1.29, 1.82) is 0 Å². The van der Waals surface area contributed by atoms with Gasteiger partial charge in [0, 0.05) is 6.54 Å². The second kappa shape index (κ2) is 9.61. The van der Waals surface area contributed by atoms with Crippen molar-refractivity contribution in [2.24, 2.45) is 0 Å². The number of carbonyl (C=O) groups excluding carboxylic acids is 1. The van der Waals surface area contributed by atoms with Gasteiger partial charge in [-0.15, -0.1) is 0 Å². The van der Waals surface area contributed by atoms with E-state index < -0.39 is 46.1 Å². The molecule has 1 amide bonds. The van der Waals surface area contributed by atoms with E-state index in [4.69, 9.17) is 19.0 Å². The molecule has 2 aliphatic rings. The van der Waals surface area contributed by atoms with E-state index in [1.807, 2.05) is 30.3 Å². The summed E-state index contributed by atoms with van der Waals surface area (Å²) in [5, 5.41) is 10.7. The van der Waals surface area contributed by atoms with Crippen LogP contribution < -0.4 is 10.2 Å². The van der Waals surface area contributed by atoms with Crippen molar-refractivity contribution in [3.63, 3.8) is 0 Å². The molecule has 2 aromatic rings. The summed E-state index contributed by atoms with van der Waals surface area (Å²) in [5.41, 5.74) is 3.17. The maximum atomic E-state index is 13.5. The summed E-state index contributed by atoms with van der Waals surface area (Å²) in [5.74, 6) is -1.36. The number of rotatable bonds is 7. The second-order valence-electron chi connectivity index (χ2n) is 8.57. The van der Waals surface area contributed by atoms with E-state index in [0.717, 1.165) is 9.87 Å². The normalized spacial score (nSPS) is 26.6. The molecule has 4 rings (SSSR count). The Morgan fingerprint density at radius 1 is 1.12 bits per heavy atom. The lowest BCUT2D eigenvalue weighted by molar-refractivity contribution is -0.156. The van der Waals surface area contributed by atoms with Crippen LogP contribution in [0.4, 0.5) is 0 Å². The van der Waals surface area contributed by atoms with Crippen LogP contribution in [0.15, 0.2) is 59.5 Å². The van der Waals surface area contributed by atoms with Gasteiger partial charge in [-0.2, -0.15) is 4.31 Å². The van der Waals surface area contributed by atoms with Crippen LogP contribution in [0.1, 0.15) is 19.4 Å². The fraction of sp³-hybridized carbons (Fsp3) is 0.435. The van der Waals surface area contributed by atoms with E-state index in [1.54, 1.807) is 13.8 Å². The van der Waals surface area contributed by atoms with Crippen molar-refractivity contribution in [3.8, 4) is 5.75 Å². The van der Waals surface area contributed by atoms with Crippen molar-refractivity contribution >= 4 is 15.9 Å². The zero-order valence-electron chi connectivity index (χ0n) is 19.1. The van der Waals surface area contributed by atoms with Gasteiger partial charge in [0.1, 0.15) is 24.0 Å². The number of hydroxylamine groups is 1. The molecule has 184 valence electrons. The number of aliphatic hydroxyl groups is 1. The van der Waals surface area contributed by atoms with E-state index >= 15 is 0 Å². The Bertz CT molecular complexity index is 1110. The van der Waals surface area contributed by atoms with E-state index in [9.17, 15) is 18.3 Å². The first-order valence-electron chi connectivity index (χ1n) is 10.8. The van der Waals surface area contributed by atoms with Crippen molar-refractivity contribution in [1.82, 2.24) is 9.79 Å². The highest BCUT2D eigenvalue weighted by molar-refractivity contribution is 7.89. The predicted molar refractivity (Wildman–Crippen MR) is 120 cm³/mol. The Hall–Kier alpha value is -2.54. The van der Waals surface area contributed by atoms with Crippen molar-refractivity contribution in [2.75, 3.05) is 13.7 Å². The number of benzene rings is 2. The van der Waals surface area contributed by atoms with Crippen LogP contribution in [0, 0.1) is 0 Å². The van der Waals surface area contributed by atoms with Gasteiger partial charge in [0.05, 0.1) is 24.7 Å². The number of ether oxygens (including phenoxy) is 3. The lowest BCUT2D eigenvalue weighted by atomic mass is 9.95. The lowest BCUT2D eigenvalue weighted by Gasteiger charge is -2.41. The molecular formula is C23H28N2O8S. The number of β-amino-alcohol motifs (C(OH)–C–C–N with tert-alkyl or cyclic N) is 1. The SMILES string of the molecule is COc1ccc(S(=O)(=O)N2C[C@@H](O)[C@H]3OC(C)(C)O[C@H]3[C@@H]2C(=O)NOCc2ccccc2)cc1. The Morgan fingerprint density at radius 2 is 1.76 bits per heavy atom. The molecular weight excluding hydrogens is 464 g/mol. The van der Waals surface area contributed by atoms with Crippen LogP contribution in [0.5, 0.6) is 5.75 Å². The number of piperidine rings is 1. The van der Waals surface area contributed by atoms with Crippen molar-refractivity contribution < 1.29 is 37.4 Å². The van der Waals surface area contributed by atoms with Gasteiger partial charge >= 0.3 is 0 Å². The number of methoxy groups -OCH3 is 1. The van der Waals surface area contributed by atoms with Gasteiger partial charge < -0.3 is 19.3 Å². The number of hydrogen-bond acceptors (Lipinski definition) is 8. The molecule has 0 unspecified atom stereocenters. The first-order valence-corrected chi connectivity index (χ1v) is 12.2. The minimum absolute atomic E-state index is 0.0554. The summed E-state index contributed by atoms with van der Waals surface area (Å²) in [6.45, 7) is 3.01. The third-order valence-corrected chi connectivity index (χ3v) is 7.58. The molecule has 11 heteroatoms. The van der Waals surface area contributed by atoms with E-state index in [-0.39, 0.29) is 18.0 Å². The van der Waals surface area contributed by atoms with Crippen molar-refractivity contribution in [3.05, 3.63) is 60.2 Å². The average Bonchev–Trinajstić information content (AvgIpc) is 3.15. The molecule has 0 aliphatic carbocycles. The highest BCUT2D eigenvalue weighted by atomic mass is 32.2. The molecule has 0 radical (unpaired) electrons. The van der Waals surface area contributed by atoms with Crippen LogP contribution in [0.25, 0.3) is 0 Å². The number of nitrogens with one attached hydrogen (secondary N) is 1. The highest BCUT2D eigenvalue weighted by Crippen LogP contribution is 2.38. The molecule has 0 saturated carbocycles. The number of nitrogens with zero attached hydrogens (tertiary/aromatic N) is 1. The summed E-state index contributed by atoms with van der Waals surface area (Å²) >= 11 is 0. The molecule has 0 aromatic heterocycles. The minimum Gasteiger partial charge on any atom is -0.497 e. The Balaban J connectivity index is 1.62. The first kappa shape index (κ1) is 24.6. The predicted octanol–water partition coefficient (Wildman–Crippen LogP) is 1.20. The van der Waals surface area contributed by atoms with Crippen molar-refractivity contribution in [2.45, 2.75) is 55.5 Å². The largest absolute Gasteiger partial charge is 0.497 e. The molecule has 0 bridgehead atoms. The zero-order valence-corrected chi connectivity index (χ0v) is 19.9. The molecule has 10 nitrogen and oxygen atoms in total. The average molecular weight is 493 g/mol. The molecule has 2 fully saturated rings. The third-order valence-electron chi connectivity index (χ3n) is 5.72. The van der Waals surface area contributed by atoms with Gasteiger partial charge in [-0.3, -0.25) is 9.63 Å². The Labute approximate surface area is 198 Å². The summed E-state index contributed by atoms with van der Waals surface area (Å²) in [7, 11) is -2.73. The van der Waals surface area contributed by atoms with Crippen LogP contribution in [0.2, 0.25) is 0 Å². The molecule has 34 heavy (non-hydrogen) atoms. The molecule has 2 aromatic carbocycles. The molecule has 2 heterocycles. The van der Waals surface area contributed by atoms with Gasteiger partial charge in [-0.05, 0) is 43.7 Å². The van der Waals surface area contributed by atoms with E-state index in [2.05, 4.69) is 5.48 Å². The summed E-state index contributed by atoms with van der Waals surface area (Å²) in [4.78, 5) is 18.6. The monoisotopic (exact) mass is 492 g/mol. The molecule has 4 atom stereocenters. The number of aliphatic hydroxyl groups excluding tert-OH is 1. The second-order valence-corrected chi connectivity index (χ2v) is 10.5. The molecule has 2 saturated heterocycles. The fourth-order valence-electron chi connectivity index (χ4n) is 4.16. The zero-order chi connectivity index (χ0) is 24.5. The minimum atomic E-state index is -4.20. The van der Waals surface area contributed by atoms with Gasteiger partial charge in [-0.25, -0.2) is 13.9 Å². The fourth-order valence-corrected chi connectivity index (χ4v) is 5.77. The number of amides is 1. The highest BCUT2D eigenvalue weighted by Gasteiger charge is 2.58. The molecule has 2 N–H and O–H groups in total. The number of hydrogen-bond donors (Lipinski definition) is 2. The summed E-state index contributed by atoms with van der Waals surface area (Å²) < 4.78 is 44.8. The quantitative estimate of drug-likeness (QED) is 0.553. The maximum Gasteiger partial charge on any atom is 0.264 e. The van der Waals surface area contributed by atoms with E-state index in [1.165, 1.54) is 31.4 Å². The number of fused-ring (bicyclic) bond motifs is 1. The van der Waals surface area contributed by atoms with Crippen LogP contribution >= 0.6 is 0 Å². The standard InChI is InChI=1S/C23H28N2O8S/c1-23(2)32-20-18(26)13-25(34(28,29)17-11-9-16(30-3)10-12-17)19(21(20)33-23)22(27)24-31-14-15-7-5-4-6-8-15/h4-12,18-21,26H,13-14H2,1-3H3,(H,24,27)/t18-,19-,20-,21+/m1/s1. The van der Waals surface area contributed by atoms with Gasteiger partial charge in [0.2, 0.25) is 10.0 Å². The number of sulfonamides is 1. The number of carbonyl (C=O) groups is 1. The summed E-state index contributed by atoms with van der Waals surface area (Å²) in [6.07, 6.45) is -3.14. The van der Waals surface area contributed by atoms with Crippen LogP contribution in [0.3, 0.4) is 0 Å². The first-order chi connectivity index (χ1) is 16.1. The van der Waals surface area contributed by atoms with Crippen LogP contribution in [-0.2, 0) is 35.7 Å². The molecule has 2 aliphatic heterocycles. The van der Waals surface area contributed by atoms with E-state index in [0.29, 0.717) is 5.75 Å². The Kier molecular flexibility index (Phi) is 6.94. The maximum absolute atomic E-state index is 13.5. The third kappa shape index (κ3) is 4.95. The topological polar surface area (TPSA) is 124 Å². The Morgan fingerprint density at radius 3 is 2.41 bits per heavy atom. The van der Waals surface area contributed by atoms with Crippen LogP contribution in [-0.4, -0.2) is 67.5 Å². The summed E-state index contributed by atoms with van der Waals surface area (Å²) in [6, 6.07) is 13.6. The van der Waals surface area contributed by atoms with Gasteiger partial charge in [0.25, 0.3) is 5.91 Å². The smallest absolute Gasteiger partial charge is 0.264 e.